The van der Waals surface area contributed by atoms with Gasteiger partial charge in [-0.1, -0.05) is 38.1 Å². The van der Waals surface area contributed by atoms with Crippen molar-refractivity contribution in [2.24, 2.45) is 4.99 Å². The summed E-state index contributed by atoms with van der Waals surface area (Å²) in [6.45, 7) is 7.04. The highest BCUT2D eigenvalue weighted by atomic mass is 127. The molecular weight excluding hydrogens is 463 g/mol. The molecule has 28 heavy (non-hydrogen) atoms. The van der Waals surface area contributed by atoms with E-state index in [0.29, 0.717) is 12.5 Å². The average molecular weight is 496 g/mol. The number of nitrogens with zero attached hydrogens (tertiary/aromatic N) is 4. The summed E-state index contributed by atoms with van der Waals surface area (Å²) in [6.07, 6.45) is 5.61. The number of rotatable bonds is 7. The Morgan fingerprint density at radius 3 is 2.64 bits per heavy atom. The molecule has 1 aliphatic heterocycles. The van der Waals surface area contributed by atoms with E-state index in [1.54, 1.807) is 7.05 Å². The van der Waals surface area contributed by atoms with Crippen molar-refractivity contribution in [3.8, 4) is 0 Å². The van der Waals surface area contributed by atoms with E-state index in [0.717, 1.165) is 50.0 Å². The Morgan fingerprint density at radius 2 is 1.93 bits per heavy atom. The van der Waals surface area contributed by atoms with Gasteiger partial charge in [-0.2, -0.15) is 0 Å². The van der Waals surface area contributed by atoms with Crippen molar-refractivity contribution in [3.05, 3.63) is 47.0 Å². The lowest BCUT2D eigenvalue weighted by Crippen LogP contribution is -2.38. The summed E-state index contributed by atoms with van der Waals surface area (Å²) in [5.74, 6) is 3.52. The fourth-order valence-electron chi connectivity index (χ4n) is 3.45. The van der Waals surface area contributed by atoms with Crippen LogP contribution in [0.25, 0.3) is 0 Å². The predicted molar refractivity (Wildman–Crippen MR) is 125 cm³/mol. The number of aryl methyl sites for hydroxylation is 2. The van der Waals surface area contributed by atoms with Crippen LogP contribution in [0.5, 0.6) is 0 Å². The summed E-state index contributed by atoms with van der Waals surface area (Å²) >= 11 is 0. The summed E-state index contributed by atoms with van der Waals surface area (Å²) in [4.78, 5) is 4.31. The number of aromatic nitrogens is 3. The van der Waals surface area contributed by atoms with Crippen LogP contribution in [0.1, 0.15) is 61.8 Å². The van der Waals surface area contributed by atoms with Crippen LogP contribution < -0.4 is 10.6 Å². The van der Waals surface area contributed by atoms with Crippen LogP contribution in [0.3, 0.4) is 0 Å². The van der Waals surface area contributed by atoms with Crippen molar-refractivity contribution in [3.63, 3.8) is 0 Å². The smallest absolute Gasteiger partial charge is 0.191 e. The van der Waals surface area contributed by atoms with Gasteiger partial charge in [0.1, 0.15) is 5.82 Å². The maximum atomic E-state index is 4.33. The second-order valence-corrected chi connectivity index (χ2v) is 7.49. The third-order valence-corrected chi connectivity index (χ3v) is 5.15. The van der Waals surface area contributed by atoms with Crippen LogP contribution in [-0.4, -0.2) is 34.3 Å². The lowest BCUT2D eigenvalue weighted by molar-refractivity contribution is 0.504. The van der Waals surface area contributed by atoms with Crippen molar-refractivity contribution in [1.82, 2.24) is 25.4 Å². The van der Waals surface area contributed by atoms with E-state index in [-0.39, 0.29) is 24.0 Å². The van der Waals surface area contributed by atoms with Gasteiger partial charge in [-0.15, -0.1) is 34.2 Å². The third kappa shape index (κ3) is 6.18. The van der Waals surface area contributed by atoms with Crippen molar-refractivity contribution in [1.29, 1.82) is 0 Å². The van der Waals surface area contributed by atoms with E-state index in [2.05, 4.69) is 68.5 Å². The molecule has 0 unspecified atom stereocenters. The van der Waals surface area contributed by atoms with Crippen LogP contribution in [0.15, 0.2) is 29.3 Å². The summed E-state index contributed by atoms with van der Waals surface area (Å²) in [5.41, 5.74) is 2.79. The van der Waals surface area contributed by atoms with E-state index in [1.807, 2.05) is 0 Å². The van der Waals surface area contributed by atoms with Gasteiger partial charge in [0.2, 0.25) is 0 Å². The van der Waals surface area contributed by atoms with Crippen molar-refractivity contribution >= 4 is 29.9 Å². The fraction of sp³-hybridized carbons (Fsp3) is 0.571. The standard InChI is InChI=1S/C21H32N6.HI/c1-16(2)18-11-9-17(10-12-18)7-6-13-23-21(22-3)24-15-20-26-25-19-8-4-5-14-27(19)20;/h9-12,16H,4-8,13-15H2,1-3H3,(H2,22,23,24);1H. The molecule has 6 nitrogen and oxygen atoms in total. The molecule has 0 bridgehead atoms. The molecule has 0 fully saturated rings. The number of halogens is 1. The zero-order valence-electron chi connectivity index (χ0n) is 17.2. The van der Waals surface area contributed by atoms with Gasteiger partial charge in [0.15, 0.2) is 11.8 Å². The molecule has 0 saturated heterocycles. The van der Waals surface area contributed by atoms with Gasteiger partial charge < -0.3 is 15.2 Å². The Kier molecular flexibility index (Phi) is 9.21. The average Bonchev–Trinajstić information content (AvgIpc) is 3.11. The molecule has 0 amide bonds. The lowest BCUT2D eigenvalue weighted by atomic mass is 10.0. The minimum atomic E-state index is 0. The Balaban J connectivity index is 0.00000280. The largest absolute Gasteiger partial charge is 0.356 e. The third-order valence-electron chi connectivity index (χ3n) is 5.15. The van der Waals surface area contributed by atoms with Gasteiger partial charge in [0, 0.05) is 26.6 Å². The molecule has 0 saturated carbocycles. The monoisotopic (exact) mass is 496 g/mol. The van der Waals surface area contributed by atoms with Crippen LogP contribution >= 0.6 is 24.0 Å². The number of benzene rings is 1. The SMILES string of the molecule is CN=C(NCCCc1ccc(C(C)C)cc1)NCc1nnc2n1CCCC2.I. The second-order valence-electron chi connectivity index (χ2n) is 7.49. The first-order valence-corrected chi connectivity index (χ1v) is 10.1. The molecule has 1 aromatic heterocycles. The minimum absolute atomic E-state index is 0. The Morgan fingerprint density at radius 1 is 1.14 bits per heavy atom. The molecule has 0 spiro atoms. The summed E-state index contributed by atoms with van der Waals surface area (Å²) in [6, 6.07) is 8.98. The molecular formula is C21H33IN6. The van der Waals surface area contributed by atoms with Crippen molar-refractivity contribution < 1.29 is 0 Å². The quantitative estimate of drug-likeness (QED) is 0.266. The lowest BCUT2D eigenvalue weighted by Gasteiger charge is -2.16. The molecule has 7 heteroatoms. The zero-order chi connectivity index (χ0) is 19.1. The molecule has 1 aromatic carbocycles. The number of fused-ring (bicyclic) bond motifs is 1. The first kappa shape index (κ1) is 22.6. The Bertz CT molecular complexity index is 751. The minimum Gasteiger partial charge on any atom is -0.356 e. The molecule has 2 N–H and O–H groups in total. The highest BCUT2D eigenvalue weighted by Gasteiger charge is 2.15. The van der Waals surface area contributed by atoms with Crippen molar-refractivity contribution in [2.45, 2.75) is 65.0 Å². The van der Waals surface area contributed by atoms with E-state index in [9.17, 15) is 0 Å². The maximum Gasteiger partial charge on any atom is 0.191 e. The number of aliphatic imine (C=N–C) groups is 1. The molecule has 3 rings (SSSR count). The van der Waals surface area contributed by atoms with E-state index >= 15 is 0 Å². The van der Waals surface area contributed by atoms with Gasteiger partial charge in [0.25, 0.3) is 0 Å². The normalized spacial score (nSPS) is 13.8. The van der Waals surface area contributed by atoms with Gasteiger partial charge in [-0.05, 0) is 42.7 Å². The van der Waals surface area contributed by atoms with Crippen LogP contribution in [-0.2, 0) is 25.9 Å². The van der Waals surface area contributed by atoms with E-state index in [1.165, 1.54) is 24.0 Å². The predicted octanol–water partition coefficient (Wildman–Crippen LogP) is 3.65. The van der Waals surface area contributed by atoms with Crippen LogP contribution in [0.4, 0.5) is 0 Å². The van der Waals surface area contributed by atoms with E-state index < -0.39 is 0 Å². The molecule has 1 aliphatic rings. The molecule has 0 atom stereocenters. The van der Waals surface area contributed by atoms with Crippen LogP contribution in [0, 0.1) is 0 Å². The maximum absolute atomic E-state index is 4.33. The molecule has 2 aromatic rings. The first-order valence-electron chi connectivity index (χ1n) is 10.1. The van der Waals surface area contributed by atoms with E-state index in [4.69, 9.17) is 0 Å². The van der Waals surface area contributed by atoms with Gasteiger partial charge in [0.05, 0.1) is 6.54 Å². The summed E-state index contributed by atoms with van der Waals surface area (Å²) < 4.78 is 2.24. The van der Waals surface area contributed by atoms with Gasteiger partial charge in [-0.25, -0.2) is 0 Å². The molecule has 2 heterocycles. The Labute approximate surface area is 185 Å². The van der Waals surface area contributed by atoms with Crippen LogP contribution in [0.2, 0.25) is 0 Å². The van der Waals surface area contributed by atoms with Gasteiger partial charge >= 0.3 is 0 Å². The van der Waals surface area contributed by atoms with Gasteiger partial charge in [-0.3, -0.25) is 4.99 Å². The fourth-order valence-corrected chi connectivity index (χ4v) is 3.45. The number of nitrogens with one attached hydrogen (secondary N) is 2. The summed E-state index contributed by atoms with van der Waals surface area (Å²) in [7, 11) is 1.80. The topological polar surface area (TPSA) is 67.1 Å². The first-order chi connectivity index (χ1) is 13.2. The second kappa shape index (κ2) is 11.4. The number of guanidine groups is 1. The number of hydrogen-bond acceptors (Lipinski definition) is 3. The zero-order valence-corrected chi connectivity index (χ0v) is 19.6. The Hall–Kier alpha value is -1.64. The summed E-state index contributed by atoms with van der Waals surface area (Å²) in [5, 5.41) is 15.4. The number of hydrogen-bond donors (Lipinski definition) is 2. The molecule has 0 aliphatic carbocycles. The molecule has 0 radical (unpaired) electrons. The highest BCUT2D eigenvalue weighted by Crippen LogP contribution is 2.15. The highest BCUT2D eigenvalue weighted by molar-refractivity contribution is 14.0. The van der Waals surface area contributed by atoms with Crippen molar-refractivity contribution in [2.75, 3.05) is 13.6 Å². The molecule has 154 valence electrons.